The zero-order chi connectivity index (χ0) is 21.0. The standard InChI is InChI=1S/C19H21ClN2O6/c1-5-27-19(25)16-9(2)17(22-10(16)3)14(23)8-28-18(24)11-6-12(20)13(21)7-15(11)26-4/h6-7,22H,5,8,21H2,1-4H3. The van der Waals surface area contributed by atoms with Gasteiger partial charge in [0, 0.05) is 11.8 Å². The Kier molecular flexibility index (Phi) is 6.69. The lowest BCUT2D eigenvalue weighted by Gasteiger charge is -2.10. The van der Waals surface area contributed by atoms with Crippen molar-refractivity contribution in [2.45, 2.75) is 20.8 Å². The van der Waals surface area contributed by atoms with E-state index < -0.39 is 24.3 Å². The number of nitrogen functional groups attached to an aromatic ring is 1. The Labute approximate surface area is 166 Å². The Morgan fingerprint density at radius 3 is 2.43 bits per heavy atom. The lowest BCUT2D eigenvalue weighted by molar-refractivity contribution is 0.0469. The van der Waals surface area contributed by atoms with Crippen LogP contribution in [0.25, 0.3) is 0 Å². The number of carbonyl (C=O) groups excluding carboxylic acids is 3. The highest BCUT2D eigenvalue weighted by Gasteiger charge is 2.24. The summed E-state index contributed by atoms with van der Waals surface area (Å²) in [7, 11) is 1.37. The fourth-order valence-corrected chi connectivity index (χ4v) is 2.88. The van der Waals surface area contributed by atoms with Gasteiger partial charge in [-0.25, -0.2) is 9.59 Å². The number of halogens is 1. The van der Waals surface area contributed by atoms with Gasteiger partial charge in [-0.3, -0.25) is 4.79 Å². The summed E-state index contributed by atoms with van der Waals surface area (Å²) in [6.45, 7) is 4.65. The van der Waals surface area contributed by atoms with Gasteiger partial charge in [-0.05, 0) is 32.4 Å². The van der Waals surface area contributed by atoms with Crippen LogP contribution >= 0.6 is 11.6 Å². The van der Waals surface area contributed by atoms with Gasteiger partial charge >= 0.3 is 11.9 Å². The largest absolute Gasteiger partial charge is 0.496 e. The molecule has 150 valence electrons. The second kappa shape index (κ2) is 8.79. The minimum Gasteiger partial charge on any atom is -0.496 e. The van der Waals surface area contributed by atoms with Crippen LogP contribution in [0.2, 0.25) is 5.02 Å². The molecule has 0 atom stereocenters. The van der Waals surface area contributed by atoms with Crippen molar-refractivity contribution in [1.82, 2.24) is 4.98 Å². The Morgan fingerprint density at radius 2 is 1.82 bits per heavy atom. The van der Waals surface area contributed by atoms with E-state index in [4.69, 9.17) is 31.5 Å². The fourth-order valence-electron chi connectivity index (χ4n) is 2.72. The molecule has 0 unspecified atom stereocenters. The number of esters is 2. The Hall–Kier alpha value is -3.00. The number of carbonyl (C=O) groups is 3. The van der Waals surface area contributed by atoms with Gasteiger partial charge in [-0.1, -0.05) is 11.6 Å². The van der Waals surface area contributed by atoms with Crippen molar-refractivity contribution in [1.29, 1.82) is 0 Å². The van der Waals surface area contributed by atoms with E-state index >= 15 is 0 Å². The predicted molar refractivity (Wildman–Crippen MR) is 103 cm³/mol. The van der Waals surface area contributed by atoms with Crippen molar-refractivity contribution in [2.75, 3.05) is 26.1 Å². The zero-order valence-corrected chi connectivity index (χ0v) is 16.7. The van der Waals surface area contributed by atoms with Gasteiger partial charge in [0.05, 0.1) is 35.7 Å². The topological polar surface area (TPSA) is 121 Å². The van der Waals surface area contributed by atoms with Gasteiger partial charge in [0.1, 0.15) is 11.3 Å². The van der Waals surface area contributed by atoms with Crippen molar-refractivity contribution in [3.63, 3.8) is 0 Å². The average molecular weight is 409 g/mol. The van der Waals surface area contributed by atoms with Crippen molar-refractivity contribution in [2.24, 2.45) is 0 Å². The van der Waals surface area contributed by atoms with Crippen molar-refractivity contribution in [3.05, 3.63) is 45.2 Å². The van der Waals surface area contributed by atoms with Gasteiger partial charge in [-0.2, -0.15) is 0 Å². The minimum atomic E-state index is -0.793. The maximum absolute atomic E-state index is 12.5. The van der Waals surface area contributed by atoms with E-state index in [0.29, 0.717) is 16.8 Å². The molecule has 1 aromatic heterocycles. The van der Waals surface area contributed by atoms with Crippen LogP contribution in [0.3, 0.4) is 0 Å². The summed E-state index contributed by atoms with van der Waals surface area (Å²) < 4.78 is 15.2. The molecule has 0 spiro atoms. The quantitative estimate of drug-likeness (QED) is 0.410. The number of aromatic amines is 1. The summed E-state index contributed by atoms with van der Waals surface area (Å²) in [4.78, 5) is 39.7. The number of hydrogen-bond acceptors (Lipinski definition) is 7. The van der Waals surface area contributed by atoms with E-state index in [2.05, 4.69) is 4.98 Å². The molecular weight excluding hydrogens is 388 g/mol. The summed E-state index contributed by atoms with van der Waals surface area (Å²) in [6.07, 6.45) is 0. The van der Waals surface area contributed by atoms with E-state index in [9.17, 15) is 14.4 Å². The summed E-state index contributed by atoms with van der Waals surface area (Å²) in [5.74, 6) is -1.63. The number of methoxy groups -OCH3 is 1. The number of aromatic nitrogens is 1. The van der Waals surface area contributed by atoms with E-state index in [-0.39, 0.29) is 34.3 Å². The van der Waals surface area contributed by atoms with Crippen LogP contribution in [-0.2, 0) is 9.47 Å². The van der Waals surface area contributed by atoms with E-state index in [1.807, 2.05) is 0 Å². The highest BCUT2D eigenvalue weighted by Crippen LogP contribution is 2.29. The summed E-state index contributed by atoms with van der Waals surface area (Å²) >= 11 is 5.94. The van der Waals surface area contributed by atoms with Gasteiger partial charge in [-0.15, -0.1) is 0 Å². The van der Waals surface area contributed by atoms with Gasteiger partial charge < -0.3 is 24.9 Å². The number of H-pyrrole nitrogens is 1. The monoisotopic (exact) mass is 408 g/mol. The highest BCUT2D eigenvalue weighted by atomic mass is 35.5. The first-order valence-corrected chi connectivity index (χ1v) is 8.78. The third kappa shape index (κ3) is 4.28. The number of nitrogens with one attached hydrogen (secondary N) is 1. The molecule has 1 aromatic carbocycles. The number of nitrogens with two attached hydrogens (primary N) is 1. The maximum Gasteiger partial charge on any atom is 0.342 e. The van der Waals surface area contributed by atoms with Gasteiger partial charge in [0.25, 0.3) is 0 Å². The third-order valence-corrected chi connectivity index (χ3v) is 4.40. The maximum atomic E-state index is 12.5. The lowest BCUT2D eigenvalue weighted by atomic mass is 10.1. The Morgan fingerprint density at radius 1 is 1.14 bits per heavy atom. The normalized spacial score (nSPS) is 10.5. The summed E-state index contributed by atoms with van der Waals surface area (Å²) in [5.41, 5.74) is 7.38. The average Bonchev–Trinajstić information content (AvgIpc) is 2.95. The molecule has 28 heavy (non-hydrogen) atoms. The summed E-state index contributed by atoms with van der Waals surface area (Å²) in [6, 6.07) is 2.70. The smallest absolute Gasteiger partial charge is 0.342 e. The number of rotatable bonds is 7. The predicted octanol–water partition coefficient (Wildman–Crippen LogP) is 3.09. The molecule has 8 nitrogen and oxygen atoms in total. The second-order valence-electron chi connectivity index (χ2n) is 5.92. The SMILES string of the molecule is CCOC(=O)c1c(C)[nH]c(C(=O)COC(=O)c2cc(Cl)c(N)cc2OC)c1C. The van der Waals surface area contributed by atoms with Crippen molar-refractivity contribution in [3.8, 4) is 5.75 Å². The van der Waals surface area contributed by atoms with Crippen LogP contribution in [0.4, 0.5) is 5.69 Å². The number of ether oxygens (including phenoxy) is 3. The number of benzene rings is 1. The second-order valence-corrected chi connectivity index (χ2v) is 6.33. The molecule has 0 aliphatic carbocycles. The Bertz CT molecular complexity index is 935. The van der Waals surface area contributed by atoms with Crippen LogP contribution in [0.15, 0.2) is 12.1 Å². The number of anilines is 1. The Balaban J connectivity index is 2.17. The van der Waals surface area contributed by atoms with E-state index in [0.717, 1.165) is 0 Å². The lowest BCUT2D eigenvalue weighted by Crippen LogP contribution is -2.16. The van der Waals surface area contributed by atoms with Crippen LogP contribution in [0, 0.1) is 13.8 Å². The number of ketones is 1. The van der Waals surface area contributed by atoms with E-state index in [1.54, 1.807) is 20.8 Å². The van der Waals surface area contributed by atoms with Crippen LogP contribution in [-0.4, -0.2) is 43.0 Å². The van der Waals surface area contributed by atoms with Crippen LogP contribution in [0.5, 0.6) is 5.75 Å². The number of aryl methyl sites for hydroxylation is 1. The molecule has 0 aliphatic heterocycles. The molecule has 0 saturated heterocycles. The third-order valence-electron chi connectivity index (χ3n) is 4.07. The van der Waals surface area contributed by atoms with Crippen molar-refractivity contribution < 1.29 is 28.6 Å². The van der Waals surface area contributed by atoms with Crippen LogP contribution < -0.4 is 10.5 Å². The van der Waals surface area contributed by atoms with Crippen molar-refractivity contribution >= 4 is 35.0 Å². The minimum absolute atomic E-state index is 0.0427. The first kappa shape index (κ1) is 21.3. The zero-order valence-electron chi connectivity index (χ0n) is 16.0. The number of Topliss-reactive ketones (excluding diaryl/α,β-unsaturated/α-hetero) is 1. The van der Waals surface area contributed by atoms with E-state index in [1.165, 1.54) is 19.2 Å². The molecule has 1 heterocycles. The molecule has 3 N–H and O–H groups in total. The first-order chi connectivity index (χ1) is 13.2. The van der Waals surface area contributed by atoms with Gasteiger partial charge in [0.15, 0.2) is 6.61 Å². The molecular formula is C19H21ClN2O6. The first-order valence-electron chi connectivity index (χ1n) is 8.40. The molecule has 0 saturated carbocycles. The fraction of sp³-hybridized carbons (Fsp3) is 0.316. The molecule has 0 radical (unpaired) electrons. The molecule has 9 heteroatoms. The molecule has 2 aromatic rings. The molecule has 0 aliphatic rings. The van der Waals surface area contributed by atoms with Gasteiger partial charge in [0.2, 0.25) is 5.78 Å². The molecule has 2 rings (SSSR count). The molecule has 0 bridgehead atoms. The molecule has 0 amide bonds. The summed E-state index contributed by atoms with van der Waals surface area (Å²) in [5, 5.41) is 0.161. The number of hydrogen-bond donors (Lipinski definition) is 2. The highest BCUT2D eigenvalue weighted by molar-refractivity contribution is 6.33. The molecule has 0 fully saturated rings. The van der Waals surface area contributed by atoms with Crippen LogP contribution in [0.1, 0.15) is 49.4 Å².